The van der Waals surface area contributed by atoms with Crippen LogP contribution in [0.2, 0.25) is 0 Å². The minimum atomic E-state index is 0.629. The molecule has 84 valence electrons. The van der Waals surface area contributed by atoms with E-state index in [1.54, 1.807) is 11.8 Å². The molecular formula is C11H12BrN3O. The van der Waals surface area contributed by atoms with Gasteiger partial charge in [-0.1, -0.05) is 15.9 Å². The first-order valence-corrected chi connectivity index (χ1v) is 5.54. The summed E-state index contributed by atoms with van der Waals surface area (Å²) in [5, 5.41) is 4.32. The largest absolute Gasteiger partial charge is 0.497 e. The molecule has 0 saturated heterocycles. The van der Waals surface area contributed by atoms with Crippen molar-refractivity contribution < 1.29 is 4.74 Å². The van der Waals surface area contributed by atoms with Crippen molar-refractivity contribution in [3.05, 3.63) is 28.7 Å². The van der Waals surface area contributed by atoms with Crippen molar-refractivity contribution in [1.82, 2.24) is 9.78 Å². The SMILES string of the molecule is COc1ccc(Br)c(-c2cc(N)n(C)n2)c1. The highest BCUT2D eigenvalue weighted by Crippen LogP contribution is 2.31. The summed E-state index contributed by atoms with van der Waals surface area (Å²) in [5.74, 6) is 1.42. The molecule has 2 aromatic rings. The molecule has 1 aromatic heterocycles. The molecule has 0 unspecified atom stereocenters. The van der Waals surface area contributed by atoms with E-state index in [1.165, 1.54) is 0 Å². The van der Waals surface area contributed by atoms with E-state index in [-0.39, 0.29) is 0 Å². The molecule has 1 aromatic carbocycles. The van der Waals surface area contributed by atoms with Crippen LogP contribution in [0.25, 0.3) is 11.3 Å². The standard InChI is InChI=1S/C11H12BrN3O/c1-15-11(13)6-10(14-15)8-5-7(16-2)3-4-9(8)12/h3-6H,13H2,1-2H3. The quantitative estimate of drug-likeness (QED) is 0.920. The average Bonchev–Trinajstić information content (AvgIpc) is 2.60. The van der Waals surface area contributed by atoms with Gasteiger partial charge < -0.3 is 10.5 Å². The van der Waals surface area contributed by atoms with Crippen LogP contribution in [0.15, 0.2) is 28.7 Å². The number of ether oxygens (including phenoxy) is 1. The highest BCUT2D eigenvalue weighted by atomic mass is 79.9. The smallest absolute Gasteiger partial charge is 0.121 e. The number of aromatic nitrogens is 2. The van der Waals surface area contributed by atoms with Crippen molar-refractivity contribution in [2.24, 2.45) is 7.05 Å². The molecule has 0 aliphatic rings. The normalized spacial score (nSPS) is 10.4. The summed E-state index contributed by atoms with van der Waals surface area (Å²) in [7, 11) is 3.45. The molecule has 16 heavy (non-hydrogen) atoms. The zero-order chi connectivity index (χ0) is 11.7. The summed E-state index contributed by atoms with van der Waals surface area (Å²) in [5.41, 5.74) is 7.54. The van der Waals surface area contributed by atoms with Gasteiger partial charge in [0.15, 0.2) is 0 Å². The van der Waals surface area contributed by atoms with Crippen molar-refractivity contribution in [3.8, 4) is 17.0 Å². The van der Waals surface area contributed by atoms with Gasteiger partial charge in [-0.15, -0.1) is 0 Å². The van der Waals surface area contributed by atoms with Crippen molar-refractivity contribution in [3.63, 3.8) is 0 Å². The van der Waals surface area contributed by atoms with E-state index < -0.39 is 0 Å². The van der Waals surface area contributed by atoms with Crippen LogP contribution < -0.4 is 10.5 Å². The van der Waals surface area contributed by atoms with Crippen LogP contribution >= 0.6 is 15.9 Å². The van der Waals surface area contributed by atoms with E-state index in [0.29, 0.717) is 5.82 Å². The first-order chi connectivity index (χ1) is 7.61. The summed E-state index contributed by atoms with van der Waals surface area (Å²) in [6, 6.07) is 7.57. The zero-order valence-electron chi connectivity index (χ0n) is 9.07. The first kappa shape index (κ1) is 11.0. The third-order valence-electron chi connectivity index (χ3n) is 2.37. The molecule has 1 heterocycles. The molecule has 0 aliphatic carbocycles. The number of nitrogen functional groups attached to an aromatic ring is 1. The Morgan fingerprint density at radius 3 is 2.69 bits per heavy atom. The first-order valence-electron chi connectivity index (χ1n) is 4.75. The van der Waals surface area contributed by atoms with Gasteiger partial charge in [0.2, 0.25) is 0 Å². The predicted octanol–water partition coefficient (Wildman–Crippen LogP) is 2.44. The number of hydrogen-bond acceptors (Lipinski definition) is 3. The maximum atomic E-state index is 5.75. The lowest BCUT2D eigenvalue weighted by molar-refractivity contribution is 0.415. The fourth-order valence-corrected chi connectivity index (χ4v) is 1.89. The summed E-state index contributed by atoms with van der Waals surface area (Å²) >= 11 is 3.48. The topological polar surface area (TPSA) is 53.1 Å². The van der Waals surface area contributed by atoms with Gasteiger partial charge in [-0.25, -0.2) is 0 Å². The van der Waals surface area contributed by atoms with Gasteiger partial charge in [0.05, 0.1) is 12.8 Å². The Morgan fingerprint density at radius 2 is 2.12 bits per heavy atom. The Bertz CT molecular complexity index is 502. The number of nitrogens with two attached hydrogens (primary N) is 1. The lowest BCUT2D eigenvalue weighted by Gasteiger charge is -2.04. The second kappa shape index (κ2) is 4.17. The van der Waals surface area contributed by atoms with Crippen LogP contribution in [0.1, 0.15) is 0 Å². The highest BCUT2D eigenvalue weighted by molar-refractivity contribution is 9.10. The Kier molecular flexibility index (Phi) is 2.87. The van der Waals surface area contributed by atoms with Gasteiger partial charge >= 0.3 is 0 Å². The molecule has 0 spiro atoms. The van der Waals surface area contributed by atoms with Gasteiger partial charge in [0, 0.05) is 23.2 Å². The van der Waals surface area contributed by atoms with Gasteiger partial charge in [-0.3, -0.25) is 4.68 Å². The Hall–Kier alpha value is -1.49. The number of methoxy groups -OCH3 is 1. The van der Waals surface area contributed by atoms with Crippen LogP contribution in [0.3, 0.4) is 0 Å². The third-order valence-corrected chi connectivity index (χ3v) is 3.06. The Labute approximate surface area is 102 Å². The zero-order valence-corrected chi connectivity index (χ0v) is 10.7. The van der Waals surface area contributed by atoms with Gasteiger partial charge in [0.25, 0.3) is 0 Å². The number of anilines is 1. The summed E-state index contributed by atoms with van der Waals surface area (Å²) in [4.78, 5) is 0. The van der Waals surface area contributed by atoms with Crippen LogP contribution in [0, 0.1) is 0 Å². The van der Waals surface area contributed by atoms with E-state index in [1.807, 2.05) is 31.3 Å². The van der Waals surface area contributed by atoms with Crippen molar-refractivity contribution >= 4 is 21.7 Å². The Morgan fingerprint density at radius 1 is 1.38 bits per heavy atom. The average molecular weight is 282 g/mol. The van der Waals surface area contributed by atoms with Crippen LogP contribution in [0.4, 0.5) is 5.82 Å². The second-order valence-electron chi connectivity index (χ2n) is 3.42. The van der Waals surface area contributed by atoms with E-state index in [2.05, 4.69) is 21.0 Å². The third kappa shape index (κ3) is 1.90. The number of hydrogen-bond donors (Lipinski definition) is 1. The van der Waals surface area contributed by atoms with Gasteiger partial charge in [-0.05, 0) is 18.2 Å². The lowest BCUT2D eigenvalue weighted by atomic mass is 10.1. The molecular weight excluding hydrogens is 270 g/mol. The fourth-order valence-electron chi connectivity index (χ4n) is 1.44. The number of benzene rings is 1. The minimum absolute atomic E-state index is 0.629. The van der Waals surface area contributed by atoms with E-state index in [4.69, 9.17) is 10.5 Å². The molecule has 0 saturated carbocycles. The van der Waals surface area contributed by atoms with Crippen LogP contribution in [-0.4, -0.2) is 16.9 Å². The molecule has 2 N–H and O–H groups in total. The number of rotatable bonds is 2. The molecule has 0 bridgehead atoms. The van der Waals surface area contributed by atoms with Crippen molar-refractivity contribution in [2.45, 2.75) is 0 Å². The molecule has 0 amide bonds. The van der Waals surface area contributed by atoms with Crippen LogP contribution in [-0.2, 0) is 7.05 Å². The molecule has 0 aliphatic heterocycles. The predicted molar refractivity (Wildman–Crippen MR) is 67.3 cm³/mol. The maximum Gasteiger partial charge on any atom is 0.121 e. The highest BCUT2D eigenvalue weighted by Gasteiger charge is 2.09. The van der Waals surface area contributed by atoms with E-state index >= 15 is 0 Å². The molecule has 0 fully saturated rings. The number of nitrogens with zero attached hydrogens (tertiary/aromatic N) is 2. The number of aryl methyl sites for hydroxylation is 1. The van der Waals surface area contributed by atoms with Gasteiger partial charge in [-0.2, -0.15) is 5.10 Å². The fraction of sp³-hybridized carbons (Fsp3) is 0.182. The summed E-state index contributed by atoms with van der Waals surface area (Å²) < 4.78 is 7.79. The summed E-state index contributed by atoms with van der Waals surface area (Å²) in [6.07, 6.45) is 0. The van der Waals surface area contributed by atoms with E-state index in [0.717, 1.165) is 21.5 Å². The molecule has 0 radical (unpaired) electrons. The second-order valence-corrected chi connectivity index (χ2v) is 4.28. The molecule has 2 rings (SSSR count). The van der Waals surface area contributed by atoms with Crippen molar-refractivity contribution in [2.75, 3.05) is 12.8 Å². The Balaban J connectivity index is 2.54. The maximum absolute atomic E-state index is 5.75. The van der Waals surface area contributed by atoms with E-state index in [9.17, 15) is 0 Å². The minimum Gasteiger partial charge on any atom is -0.497 e. The summed E-state index contributed by atoms with van der Waals surface area (Å²) in [6.45, 7) is 0. The molecule has 4 nitrogen and oxygen atoms in total. The van der Waals surface area contributed by atoms with Crippen LogP contribution in [0.5, 0.6) is 5.75 Å². The van der Waals surface area contributed by atoms with Gasteiger partial charge in [0.1, 0.15) is 11.6 Å². The monoisotopic (exact) mass is 281 g/mol. The number of halogens is 1. The molecule has 5 heteroatoms. The lowest BCUT2D eigenvalue weighted by Crippen LogP contribution is -1.96. The molecule has 0 atom stereocenters. The van der Waals surface area contributed by atoms with Crippen molar-refractivity contribution in [1.29, 1.82) is 0 Å².